The molecule has 0 bridgehead atoms. The number of halogens is 1. The van der Waals surface area contributed by atoms with Gasteiger partial charge in [0.05, 0.1) is 23.1 Å². The summed E-state index contributed by atoms with van der Waals surface area (Å²) in [5.74, 6) is 0.602. The van der Waals surface area contributed by atoms with Gasteiger partial charge in [-0.15, -0.1) is 0 Å². The maximum absolute atomic E-state index is 14.7. The van der Waals surface area contributed by atoms with Crippen LogP contribution < -0.4 is 10.1 Å². The highest BCUT2D eigenvalue weighted by Gasteiger charge is 2.23. The summed E-state index contributed by atoms with van der Waals surface area (Å²) in [5, 5.41) is 10.6. The summed E-state index contributed by atoms with van der Waals surface area (Å²) >= 11 is 0. The lowest BCUT2D eigenvalue weighted by atomic mass is 10.1. The summed E-state index contributed by atoms with van der Waals surface area (Å²) in [4.78, 5) is 36.5. The van der Waals surface area contributed by atoms with Crippen molar-refractivity contribution in [1.29, 1.82) is 0 Å². The van der Waals surface area contributed by atoms with Crippen LogP contribution in [0.5, 0.6) is 5.75 Å². The van der Waals surface area contributed by atoms with Crippen LogP contribution in [0.2, 0.25) is 0 Å². The molecule has 12 heteroatoms. The van der Waals surface area contributed by atoms with E-state index >= 15 is 0 Å². The molecule has 5 aromatic heterocycles. The van der Waals surface area contributed by atoms with Crippen molar-refractivity contribution in [2.45, 2.75) is 25.7 Å². The molecule has 1 aliphatic rings. The van der Waals surface area contributed by atoms with E-state index in [0.717, 1.165) is 36.8 Å². The minimum absolute atomic E-state index is 0.0381. The van der Waals surface area contributed by atoms with Crippen molar-refractivity contribution in [3.63, 3.8) is 0 Å². The number of nitrogens with one attached hydrogen (secondary N) is 3. The smallest absolute Gasteiger partial charge is 0.227 e. The number of aromatic amines is 2. The Bertz CT molecular complexity index is 2010. The lowest BCUT2D eigenvalue weighted by Crippen LogP contribution is -2.20. The van der Waals surface area contributed by atoms with Crippen molar-refractivity contribution in [2.24, 2.45) is 5.92 Å². The fourth-order valence-corrected chi connectivity index (χ4v) is 5.71. The van der Waals surface area contributed by atoms with Gasteiger partial charge in [-0.3, -0.25) is 14.9 Å². The topological polar surface area (TPSA) is 138 Å². The third kappa shape index (κ3) is 5.96. The van der Waals surface area contributed by atoms with Crippen LogP contribution in [0.3, 0.4) is 0 Å². The average molecular weight is 606 g/mol. The number of nitrogens with zero attached hydrogens (tertiary/aromatic N) is 6. The molecule has 1 saturated carbocycles. The number of imidazole rings is 1. The van der Waals surface area contributed by atoms with Gasteiger partial charge in [-0.2, -0.15) is 5.10 Å². The number of fused-ring (bicyclic) bond motifs is 2. The van der Waals surface area contributed by atoms with Gasteiger partial charge < -0.3 is 19.9 Å². The Morgan fingerprint density at radius 1 is 1.04 bits per heavy atom. The van der Waals surface area contributed by atoms with Gasteiger partial charge in [0, 0.05) is 42.0 Å². The van der Waals surface area contributed by atoms with Gasteiger partial charge >= 0.3 is 0 Å². The van der Waals surface area contributed by atoms with Crippen molar-refractivity contribution in [1.82, 2.24) is 40.0 Å². The zero-order chi connectivity index (χ0) is 30.9. The number of hydrogen-bond acceptors (Lipinski definition) is 8. The van der Waals surface area contributed by atoms with Gasteiger partial charge in [-0.1, -0.05) is 12.8 Å². The molecule has 11 nitrogen and oxygen atoms in total. The normalized spacial score (nSPS) is 13.7. The molecule has 0 spiro atoms. The summed E-state index contributed by atoms with van der Waals surface area (Å²) in [6, 6.07) is 12.1. The Morgan fingerprint density at radius 2 is 1.91 bits per heavy atom. The van der Waals surface area contributed by atoms with Gasteiger partial charge in [0.15, 0.2) is 17.2 Å². The number of hydrogen-bond donors (Lipinski definition) is 3. The second-order valence-corrected chi connectivity index (χ2v) is 11.6. The fourth-order valence-electron chi connectivity index (χ4n) is 5.71. The number of pyridine rings is 3. The Balaban J connectivity index is 1.20. The van der Waals surface area contributed by atoms with Gasteiger partial charge in [-0.25, -0.2) is 19.3 Å². The zero-order valence-corrected chi connectivity index (χ0v) is 25.0. The van der Waals surface area contributed by atoms with Crippen LogP contribution >= 0.6 is 0 Å². The molecule has 5 heterocycles. The number of carbonyl (C=O) groups is 1. The van der Waals surface area contributed by atoms with Crippen LogP contribution in [0.1, 0.15) is 25.7 Å². The highest BCUT2D eigenvalue weighted by molar-refractivity contribution is 5.96. The number of likely N-dealkylation sites (N-methyl/N-ethyl adjacent to an activating group) is 1. The molecule has 1 fully saturated rings. The number of ether oxygens (including phenoxy) is 1. The van der Waals surface area contributed by atoms with E-state index in [0.29, 0.717) is 69.6 Å². The van der Waals surface area contributed by atoms with E-state index in [1.54, 1.807) is 30.7 Å². The first-order valence-corrected chi connectivity index (χ1v) is 15.0. The van der Waals surface area contributed by atoms with Crippen LogP contribution in [0.25, 0.3) is 56.1 Å². The molecule has 0 unspecified atom stereocenters. The maximum Gasteiger partial charge on any atom is 0.227 e. The molecule has 0 aliphatic heterocycles. The number of aromatic nitrogens is 7. The van der Waals surface area contributed by atoms with Crippen molar-refractivity contribution in [2.75, 3.05) is 32.6 Å². The SMILES string of the molecule is CN(C)CCOc1cc(F)cc(-c2ccnc3[nH]c(-c4n[nH]c5ccc(-c6cncc(NC(=O)C7CCCC7)c6)nc45)nc23)c1. The van der Waals surface area contributed by atoms with E-state index in [1.165, 1.54) is 12.1 Å². The van der Waals surface area contributed by atoms with Gasteiger partial charge in [0.1, 0.15) is 29.2 Å². The van der Waals surface area contributed by atoms with Gasteiger partial charge in [0.25, 0.3) is 0 Å². The van der Waals surface area contributed by atoms with Crippen molar-refractivity contribution in [3.8, 4) is 39.7 Å². The minimum Gasteiger partial charge on any atom is -0.492 e. The number of benzene rings is 1. The number of H-pyrrole nitrogens is 2. The van der Waals surface area contributed by atoms with Crippen LogP contribution in [0.4, 0.5) is 10.1 Å². The van der Waals surface area contributed by atoms with Crippen LogP contribution in [0.15, 0.2) is 61.1 Å². The third-order valence-corrected chi connectivity index (χ3v) is 8.03. The first-order chi connectivity index (χ1) is 21.9. The van der Waals surface area contributed by atoms with E-state index in [4.69, 9.17) is 14.7 Å². The summed E-state index contributed by atoms with van der Waals surface area (Å²) < 4.78 is 20.5. The highest BCUT2D eigenvalue weighted by atomic mass is 19.1. The molecule has 228 valence electrons. The first kappa shape index (κ1) is 28.5. The fraction of sp³-hybridized carbons (Fsp3) is 0.273. The summed E-state index contributed by atoms with van der Waals surface area (Å²) in [6.45, 7) is 1.14. The average Bonchev–Trinajstić information content (AvgIpc) is 3.80. The van der Waals surface area contributed by atoms with Crippen LogP contribution in [0, 0.1) is 11.7 Å². The molecule has 1 amide bonds. The monoisotopic (exact) mass is 605 g/mol. The number of anilines is 1. The van der Waals surface area contributed by atoms with Crippen molar-refractivity contribution >= 4 is 33.8 Å². The molecule has 0 atom stereocenters. The molecule has 1 aliphatic carbocycles. The molecule has 1 aromatic carbocycles. The summed E-state index contributed by atoms with van der Waals surface area (Å²) in [7, 11) is 3.91. The second-order valence-electron chi connectivity index (χ2n) is 11.6. The van der Waals surface area contributed by atoms with Gasteiger partial charge in [-0.05, 0) is 68.9 Å². The Kier molecular flexibility index (Phi) is 7.64. The lowest BCUT2D eigenvalue weighted by molar-refractivity contribution is -0.119. The Labute approximate surface area is 258 Å². The molecule has 3 N–H and O–H groups in total. The number of carbonyl (C=O) groups excluding carboxylic acids is 1. The first-order valence-electron chi connectivity index (χ1n) is 15.0. The molecule has 7 rings (SSSR count). The van der Waals surface area contributed by atoms with Gasteiger partial charge in [0.2, 0.25) is 5.91 Å². The Morgan fingerprint density at radius 3 is 2.76 bits per heavy atom. The zero-order valence-electron chi connectivity index (χ0n) is 25.0. The van der Waals surface area contributed by atoms with E-state index in [-0.39, 0.29) is 11.8 Å². The molecule has 0 radical (unpaired) electrons. The maximum atomic E-state index is 14.7. The standard InChI is InChI=1S/C33H32FN9O2/c1-43(2)11-12-45-24-15-20(13-22(34)16-24)25-9-10-36-31-28(25)39-32(40-31)30-29-27(41-42-30)8-7-26(38-29)21-14-23(18-35-17-21)37-33(44)19-5-3-4-6-19/h7-10,13-19H,3-6,11-12H2,1-2H3,(H,37,44)(H,41,42)(H,36,39,40). The van der Waals surface area contributed by atoms with Crippen molar-refractivity contribution < 1.29 is 13.9 Å². The third-order valence-electron chi connectivity index (χ3n) is 8.03. The van der Waals surface area contributed by atoms with E-state index in [9.17, 15) is 9.18 Å². The van der Waals surface area contributed by atoms with Crippen molar-refractivity contribution in [3.05, 3.63) is 66.9 Å². The van der Waals surface area contributed by atoms with E-state index < -0.39 is 5.82 Å². The molecule has 6 aromatic rings. The minimum atomic E-state index is -0.403. The number of rotatable bonds is 9. The highest BCUT2D eigenvalue weighted by Crippen LogP contribution is 2.33. The van der Waals surface area contributed by atoms with E-state index in [2.05, 4.69) is 30.5 Å². The van der Waals surface area contributed by atoms with Crippen LogP contribution in [-0.4, -0.2) is 73.2 Å². The molecular formula is C33H32FN9O2. The Hall–Kier alpha value is -5.23. The molecule has 45 heavy (non-hydrogen) atoms. The second kappa shape index (κ2) is 12.0. The largest absolute Gasteiger partial charge is 0.492 e. The lowest BCUT2D eigenvalue weighted by Gasteiger charge is -2.12. The summed E-state index contributed by atoms with van der Waals surface area (Å²) in [6.07, 6.45) is 9.05. The molecule has 0 saturated heterocycles. The predicted octanol–water partition coefficient (Wildman–Crippen LogP) is 5.83. The molecular weight excluding hydrogens is 573 g/mol. The van der Waals surface area contributed by atoms with E-state index in [1.807, 2.05) is 37.2 Å². The summed E-state index contributed by atoms with van der Waals surface area (Å²) in [5.41, 5.74) is 6.35. The predicted molar refractivity (Wildman–Crippen MR) is 170 cm³/mol. The quantitative estimate of drug-likeness (QED) is 0.187. The van der Waals surface area contributed by atoms with Crippen LogP contribution in [-0.2, 0) is 4.79 Å². The number of amides is 1.